The monoisotopic (exact) mass is 445 g/mol. The van der Waals surface area contributed by atoms with Crippen molar-refractivity contribution in [3.05, 3.63) is 81.4 Å². The fraction of sp³-hybridized carbons (Fsp3) is 0.227. The van der Waals surface area contributed by atoms with Crippen LogP contribution in [0.2, 0.25) is 0 Å². The van der Waals surface area contributed by atoms with Gasteiger partial charge in [0.1, 0.15) is 12.0 Å². The van der Waals surface area contributed by atoms with Crippen molar-refractivity contribution in [1.29, 1.82) is 0 Å². The van der Waals surface area contributed by atoms with Crippen molar-refractivity contribution >= 4 is 11.6 Å². The Balaban J connectivity index is 1.41. The summed E-state index contributed by atoms with van der Waals surface area (Å²) in [4.78, 5) is 32.8. The van der Waals surface area contributed by atoms with Crippen LogP contribution in [0.4, 0.5) is 5.69 Å². The van der Waals surface area contributed by atoms with Gasteiger partial charge in [-0.05, 0) is 43.7 Å². The highest BCUT2D eigenvalue weighted by Gasteiger charge is 2.13. The number of H-pyrrole nitrogens is 1. The predicted octanol–water partition coefficient (Wildman–Crippen LogP) is 1.51. The van der Waals surface area contributed by atoms with Crippen LogP contribution < -0.4 is 16.2 Å². The maximum atomic E-state index is 12.7. The molecule has 4 rings (SSSR count). The van der Waals surface area contributed by atoms with Crippen LogP contribution in [-0.4, -0.2) is 40.8 Å². The third kappa shape index (κ3) is 4.76. The van der Waals surface area contributed by atoms with E-state index in [2.05, 4.69) is 41.0 Å². The molecule has 11 heteroatoms. The Morgan fingerprint density at radius 1 is 1.15 bits per heavy atom. The molecule has 0 fully saturated rings. The summed E-state index contributed by atoms with van der Waals surface area (Å²) in [7, 11) is 1.86. The van der Waals surface area contributed by atoms with Crippen molar-refractivity contribution in [1.82, 2.24) is 40.2 Å². The van der Waals surface area contributed by atoms with E-state index in [9.17, 15) is 9.59 Å². The van der Waals surface area contributed by atoms with E-state index in [0.717, 1.165) is 16.9 Å². The van der Waals surface area contributed by atoms with Crippen LogP contribution in [0, 0.1) is 13.8 Å². The lowest BCUT2D eigenvalue weighted by atomic mass is 10.1. The molecule has 0 aliphatic rings. The number of nitrogens with one attached hydrogen (secondary N) is 3. The second-order valence-corrected chi connectivity index (χ2v) is 7.45. The maximum absolute atomic E-state index is 12.7. The van der Waals surface area contributed by atoms with Gasteiger partial charge < -0.3 is 15.2 Å². The standard InChI is InChI=1S/C22H23N9O2/c1-13-14(2)27-30-22(33)17(13)10-25-21(32)15-5-4-6-16(9-15)24-11-19-28-29-20(31(19)3)18-7-8-23-12-26-18/h4-9,12,24H,10-11H2,1-3H3,(H,25,32)(H,30,33). The molecular formula is C22H23N9O2. The van der Waals surface area contributed by atoms with E-state index in [1.165, 1.54) is 6.33 Å². The number of rotatable bonds is 7. The van der Waals surface area contributed by atoms with Crippen molar-refractivity contribution in [2.75, 3.05) is 5.32 Å². The number of anilines is 1. The second-order valence-electron chi connectivity index (χ2n) is 7.45. The van der Waals surface area contributed by atoms with E-state index in [4.69, 9.17) is 0 Å². The van der Waals surface area contributed by atoms with Crippen LogP contribution >= 0.6 is 0 Å². The molecule has 4 aromatic rings. The number of aromatic nitrogens is 7. The molecule has 3 heterocycles. The van der Waals surface area contributed by atoms with Gasteiger partial charge >= 0.3 is 0 Å². The van der Waals surface area contributed by atoms with E-state index < -0.39 is 0 Å². The Hall–Kier alpha value is -4.41. The molecule has 0 saturated carbocycles. The van der Waals surface area contributed by atoms with E-state index >= 15 is 0 Å². The van der Waals surface area contributed by atoms with Gasteiger partial charge in [-0.3, -0.25) is 9.59 Å². The normalized spacial score (nSPS) is 10.8. The molecule has 1 aromatic carbocycles. The topological polar surface area (TPSA) is 143 Å². The van der Waals surface area contributed by atoms with Crippen LogP contribution in [0.3, 0.4) is 0 Å². The number of carbonyl (C=O) groups excluding carboxylic acids is 1. The molecule has 0 bridgehead atoms. The van der Waals surface area contributed by atoms with Crippen LogP contribution in [0.1, 0.15) is 33.0 Å². The molecule has 0 radical (unpaired) electrons. The van der Waals surface area contributed by atoms with E-state index in [0.29, 0.717) is 35.0 Å². The highest BCUT2D eigenvalue weighted by atomic mass is 16.2. The van der Waals surface area contributed by atoms with Crippen molar-refractivity contribution < 1.29 is 4.79 Å². The molecule has 0 aliphatic heterocycles. The molecule has 0 saturated heterocycles. The number of aromatic amines is 1. The van der Waals surface area contributed by atoms with Gasteiger partial charge in [0.25, 0.3) is 11.5 Å². The van der Waals surface area contributed by atoms with Gasteiger partial charge in [-0.1, -0.05) is 6.07 Å². The first-order valence-corrected chi connectivity index (χ1v) is 10.3. The van der Waals surface area contributed by atoms with E-state index in [1.54, 1.807) is 37.4 Å². The van der Waals surface area contributed by atoms with Gasteiger partial charge in [0.2, 0.25) is 0 Å². The Morgan fingerprint density at radius 2 is 2.00 bits per heavy atom. The summed E-state index contributed by atoms with van der Waals surface area (Å²) >= 11 is 0. The van der Waals surface area contributed by atoms with Crippen LogP contribution in [-0.2, 0) is 20.1 Å². The molecule has 3 N–H and O–H groups in total. The third-order valence-corrected chi connectivity index (χ3v) is 5.37. The summed E-state index contributed by atoms with van der Waals surface area (Å²) in [5.74, 6) is 1.07. The summed E-state index contributed by atoms with van der Waals surface area (Å²) in [6.07, 6.45) is 3.12. The predicted molar refractivity (Wildman–Crippen MR) is 121 cm³/mol. The average Bonchev–Trinajstić information content (AvgIpc) is 3.21. The summed E-state index contributed by atoms with van der Waals surface area (Å²) in [6.45, 7) is 4.14. The number of carbonyl (C=O) groups is 1. The van der Waals surface area contributed by atoms with Gasteiger partial charge in [-0.2, -0.15) is 5.10 Å². The molecule has 3 aromatic heterocycles. The van der Waals surface area contributed by atoms with Crippen LogP contribution in [0.15, 0.2) is 47.7 Å². The first-order valence-electron chi connectivity index (χ1n) is 10.3. The lowest BCUT2D eigenvalue weighted by molar-refractivity contribution is 0.0950. The molecule has 168 valence electrons. The first kappa shape index (κ1) is 21.8. The molecule has 33 heavy (non-hydrogen) atoms. The number of amides is 1. The number of hydrogen-bond donors (Lipinski definition) is 3. The molecule has 0 aliphatic carbocycles. The van der Waals surface area contributed by atoms with Gasteiger partial charge in [0.15, 0.2) is 11.6 Å². The Labute approximate surface area is 189 Å². The summed E-state index contributed by atoms with van der Waals surface area (Å²) < 4.78 is 1.85. The smallest absolute Gasteiger partial charge is 0.269 e. The Morgan fingerprint density at radius 3 is 2.79 bits per heavy atom. The van der Waals surface area contributed by atoms with Crippen molar-refractivity contribution in [3.8, 4) is 11.5 Å². The molecule has 0 spiro atoms. The first-order chi connectivity index (χ1) is 15.9. The number of hydrogen-bond acceptors (Lipinski definition) is 8. The fourth-order valence-electron chi connectivity index (χ4n) is 3.27. The highest BCUT2D eigenvalue weighted by molar-refractivity contribution is 5.95. The van der Waals surface area contributed by atoms with Crippen LogP contribution in [0.5, 0.6) is 0 Å². The Kier molecular flexibility index (Phi) is 6.20. The second kappa shape index (κ2) is 9.39. The summed E-state index contributed by atoms with van der Waals surface area (Å²) in [5.41, 5.74) is 3.58. The lowest BCUT2D eigenvalue weighted by Crippen LogP contribution is -2.28. The van der Waals surface area contributed by atoms with E-state index in [-0.39, 0.29) is 18.0 Å². The Bertz CT molecular complexity index is 1350. The minimum atomic E-state index is -0.307. The van der Waals surface area contributed by atoms with Crippen molar-refractivity contribution in [3.63, 3.8) is 0 Å². The van der Waals surface area contributed by atoms with Gasteiger partial charge in [-0.15, -0.1) is 10.2 Å². The zero-order valence-electron chi connectivity index (χ0n) is 18.5. The average molecular weight is 445 g/mol. The quantitative estimate of drug-likeness (QED) is 0.388. The van der Waals surface area contributed by atoms with Crippen molar-refractivity contribution in [2.45, 2.75) is 26.9 Å². The number of nitrogens with zero attached hydrogens (tertiary/aromatic N) is 6. The summed E-state index contributed by atoms with van der Waals surface area (Å²) in [6, 6.07) is 8.87. The van der Waals surface area contributed by atoms with Crippen molar-refractivity contribution in [2.24, 2.45) is 7.05 Å². The molecule has 0 unspecified atom stereocenters. The van der Waals surface area contributed by atoms with Crippen LogP contribution in [0.25, 0.3) is 11.5 Å². The zero-order chi connectivity index (χ0) is 23.4. The fourth-order valence-corrected chi connectivity index (χ4v) is 3.27. The maximum Gasteiger partial charge on any atom is 0.269 e. The third-order valence-electron chi connectivity index (χ3n) is 5.37. The van der Waals surface area contributed by atoms with Gasteiger partial charge in [-0.25, -0.2) is 15.1 Å². The number of aryl methyl sites for hydroxylation is 1. The SMILES string of the molecule is Cc1n[nH]c(=O)c(CNC(=O)c2cccc(NCc3nnc(-c4ccncn4)n3C)c2)c1C. The summed E-state index contributed by atoms with van der Waals surface area (Å²) in [5, 5.41) is 20.9. The highest BCUT2D eigenvalue weighted by Crippen LogP contribution is 2.16. The zero-order valence-corrected chi connectivity index (χ0v) is 18.5. The molecule has 1 amide bonds. The van der Waals surface area contributed by atoms with Gasteiger partial charge in [0.05, 0.1) is 12.2 Å². The minimum Gasteiger partial charge on any atom is -0.378 e. The lowest BCUT2D eigenvalue weighted by Gasteiger charge is -2.10. The molecule has 11 nitrogen and oxygen atoms in total. The largest absolute Gasteiger partial charge is 0.378 e. The molecule has 0 atom stereocenters. The minimum absolute atomic E-state index is 0.117. The number of benzene rings is 1. The molecular weight excluding hydrogens is 422 g/mol. The van der Waals surface area contributed by atoms with Gasteiger partial charge in [0, 0.05) is 36.6 Å². The van der Waals surface area contributed by atoms with E-state index in [1.807, 2.05) is 24.6 Å².